The van der Waals surface area contributed by atoms with Gasteiger partial charge in [-0.1, -0.05) is 55.5 Å². The van der Waals surface area contributed by atoms with Crippen molar-refractivity contribution >= 4 is 5.91 Å². The topological polar surface area (TPSA) is 41.6 Å². The molecule has 0 saturated carbocycles. The number of benzene rings is 2. The number of hydrogen-bond donors (Lipinski definition) is 1. The van der Waals surface area contributed by atoms with Gasteiger partial charge in [-0.15, -0.1) is 0 Å². The second-order valence-electron chi connectivity index (χ2n) is 6.72. The fourth-order valence-electron chi connectivity index (χ4n) is 3.53. The molecule has 0 spiro atoms. The lowest BCUT2D eigenvalue weighted by molar-refractivity contribution is -0.123. The van der Waals surface area contributed by atoms with Crippen LogP contribution in [0.1, 0.15) is 36.9 Å². The van der Waals surface area contributed by atoms with Crippen LogP contribution in [0.3, 0.4) is 0 Å². The molecule has 1 amide bonds. The van der Waals surface area contributed by atoms with E-state index in [1.807, 2.05) is 30.3 Å². The van der Waals surface area contributed by atoms with Gasteiger partial charge >= 0.3 is 0 Å². The number of carbonyl (C=O) groups excluding carboxylic acids is 1. The maximum atomic E-state index is 12.3. The van der Waals surface area contributed by atoms with Crippen molar-refractivity contribution in [2.24, 2.45) is 0 Å². The predicted molar refractivity (Wildman–Crippen MR) is 104 cm³/mol. The molecule has 0 aliphatic carbocycles. The third kappa shape index (κ3) is 4.85. The minimum absolute atomic E-state index is 0.0541. The van der Waals surface area contributed by atoms with Crippen LogP contribution in [-0.2, 0) is 11.2 Å². The van der Waals surface area contributed by atoms with Crippen molar-refractivity contribution in [3.05, 3.63) is 65.7 Å². The highest BCUT2D eigenvalue weighted by Crippen LogP contribution is 2.24. The van der Waals surface area contributed by atoms with Crippen molar-refractivity contribution < 1.29 is 9.53 Å². The summed E-state index contributed by atoms with van der Waals surface area (Å²) in [4.78, 5) is 14.8. The fraction of sp³-hybridized carbons (Fsp3) is 0.409. The summed E-state index contributed by atoms with van der Waals surface area (Å²) in [7, 11) is 0. The van der Waals surface area contributed by atoms with Gasteiger partial charge in [0.1, 0.15) is 5.75 Å². The normalized spacial score (nSPS) is 15.6. The molecule has 2 aromatic carbocycles. The van der Waals surface area contributed by atoms with Crippen LogP contribution in [-0.4, -0.2) is 37.0 Å². The zero-order chi connectivity index (χ0) is 18.2. The smallest absolute Gasteiger partial charge is 0.258 e. The van der Waals surface area contributed by atoms with Crippen LogP contribution >= 0.6 is 0 Å². The number of nitrogens with zero attached hydrogens (tertiary/aromatic N) is 1. The van der Waals surface area contributed by atoms with Crippen molar-refractivity contribution in [1.82, 2.24) is 10.2 Å². The lowest BCUT2D eigenvalue weighted by atomic mass is 10.1. The van der Waals surface area contributed by atoms with Crippen LogP contribution in [0, 0.1) is 0 Å². The number of rotatable bonds is 8. The molecule has 0 radical (unpaired) electrons. The van der Waals surface area contributed by atoms with E-state index in [0.29, 0.717) is 6.54 Å². The van der Waals surface area contributed by atoms with Gasteiger partial charge in [0, 0.05) is 6.54 Å². The van der Waals surface area contributed by atoms with Gasteiger partial charge < -0.3 is 10.1 Å². The molecule has 1 unspecified atom stereocenters. The molecule has 2 aromatic rings. The number of amides is 1. The molecule has 1 aliphatic heterocycles. The predicted octanol–water partition coefficient (Wildman–Crippen LogP) is 3.58. The first kappa shape index (κ1) is 18.5. The first-order valence-electron chi connectivity index (χ1n) is 9.54. The molecule has 1 N–H and O–H groups in total. The van der Waals surface area contributed by atoms with E-state index in [2.05, 4.69) is 41.4 Å². The van der Waals surface area contributed by atoms with Crippen molar-refractivity contribution in [2.75, 3.05) is 26.2 Å². The number of likely N-dealkylation sites (tertiary alicyclic amines) is 1. The third-order valence-electron chi connectivity index (χ3n) is 4.97. The molecule has 0 bridgehead atoms. The van der Waals surface area contributed by atoms with E-state index >= 15 is 0 Å². The Morgan fingerprint density at radius 3 is 2.50 bits per heavy atom. The molecule has 1 fully saturated rings. The fourth-order valence-corrected chi connectivity index (χ4v) is 3.53. The second-order valence-corrected chi connectivity index (χ2v) is 6.72. The van der Waals surface area contributed by atoms with Crippen molar-refractivity contribution in [3.63, 3.8) is 0 Å². The minimum atomic E-state index is -0.0731. The summed E-state index contributed by atoms with van der Waals surface area (Å²) in [5.41, 5.74) is 2.38. The molecule has 26 heavy (non-hydrogen) atoms. The summed E-state index contributed by atoms with van der Waals surface area (Å²) in [5, 5.41) is 3.06. The van der Waals surface area contributed by atoms with E-state index < -0.39 is 0 Å². The van der Waals surface area contributed by atoms with Gasteiger partial charge in [-0.25, -0.2) is 0 Å². The summed E-state index contributed by atoms with van der Waals surface area (Å²) in [5.74, 6) is 0.723. The maximum Gasteiger partial charge on any atom is 0.258 e. The molecule has 1 atom stereocenters. The molecule has 1 heterocycles. The van der Waals surface area contributed by atoms with Gasteiger partial charge in [-0.2, -0.15) is 0 Å². The Bertz CT molecular complexity index is 696. The quantitative estimate of drug-likeness (QED) is 0.789. The number of aryl methyl sites for hydroxylation is 1. The van der Waals surface area contributed by atoms with E-state index in [-0.39, 0.29) is 18.6 Å². The minimum Gasteiger partial charge on any atom is -0.483 e. The average Bonchev–Trinajstić information content (AvgIpc) is 3.22. The van der Waals surface area contributed by atoms with Gasteiger partial charge in [0.2, 0.25) is 0 Å². The van der Waals surface area contributed by atoms with Crippen LogP contribution in [0.5, 0.6) is 5.75 Å². The lowest BCUT2D eigenvalue weighted by Crippen LogP contribution is -2.38. The van der Waals surface area contributed by atoms with E-state index in [1.54, 1.807) is 0 Å². The van der Waals surface area contributed by atoms with E-state index in [1.165, 1.54) is 18.4 Å². The third-order valence-corrected chi connectivity index (χ3v) is 4.97. The Hall–Kier alpha value is -2.33. The zero-order valence-electron chi connectivity index (χ0n) is 15.5. The molecular weight excluding hydrogens is 324 g/mol. The number of hydrogen-bond acceptors (Lipinski definition) is 3. The summed E-state index contributed by atoms with van der Waals surface area (Å²) in [6.07, 6.45) is 3.35. The van der Waals surface area contributed by atoms with Crippen molar-refractivity contribution in [1.29, 1.82) is 0 Å². The van der Waals surface area contributed by atoms with Crippen LogP contribution in [0.25, 0.3) is 0 Å². The van der Waals surface area contributed by atoms with Crippen LogP contribution in [0.2, 0.25) is 0 Å². The number of para-hydroxylation sites is 1. The Morgan fingerprint density at radius 2 is 1.77 bits per heavy atom. The molecule has 1 saturated heterocycles. The molecule has 4 nitrogen and oxygen atoms in total. The molecule has 1 aliphatic rings. The van der Waals surface area contributed by atoms with Gasteiger partial charge in [0.05, 0.1) is 6.04 Å². The molecule has 0 aromatic heterocycles. The average molecular weight is 352 g/mol. The zero-order valence-corrected chi connectivity index (χ0v) is 15.5. The SMILES string of the molecule is CCc1ccccc1OCC(=O)NCC(c1ccccc1)N1CCCC1. The molecular formula is C22H28N2O2. The highest BCUT2D eigenvalue weighted by atomic mass is 16.5. The van der Waals surface area contributed by atoms with E-state index in [0.717, 1.165) is 30.8 Å². The summed E-state index contributed by atoms with van der Waals surface area (Å²) >= 11 is 0. The first-order valence-corrected chi connectivity index (χ1v) is 9.54. The number of nitrogens with one attached hydrogen (secondary N) is 1. The standard InChI is InChI=1S/C22H28N2O2/c1-2-18-10-6-7-13-21(18)26-17-22(25)23-16-20(24-14-8-9-15-24)19-11-4-3-5-12-19/h3-7,10-13,20H,2,8-9,14-17H2,1H3,(H,23,25). The van der Waals surface area contributed by atoms with E-state index in [9.17, 15) is 4.79 Å². The summed E-state index contributed by atoms with van der Waals surface area (Å²) in [6.45, 7) is 4.94. The first-order chi connectivity index (χ1) is 12.8. The Morgan fingerprint density at radius 1 is 1.08 bits per heavy atom. The number of ether oxygens (including phenoxy) is 1. The molecule has 4 heteroatoms. The molecule has 138 valence electrons. The summed E-state index contributed by atoms with van der Waals surface area (Å²) in [6, 6.07) is 18.5. The van der Waals surface area contributed by atoms with Crippen molar-refractivity contribution in [3.8, 4) is 5.75 Å². The lowest BCUT2D eigenvalue weighted by Gasteiger charge is -2.28. The Balaban J connectivity index is 1.55. The van der Waals surface area contributed by atoms with Gasteiger partial charge in [0.25, 0.3) is 5.91 Å². The maximum absolute atomic E-state index is 12.3. The van der Waals surface area contributed by atoms with Crippen LogP contribution < -0.4 is 10.1 Å². The van der Waals surface area contributed by atoms with Crippen molar-refractivity contribution in [2.45, 2.75) is 32.2 Å². The highest BCUT2D eigenvalue weighted by Gasteiger charge is 2.23. The second kappa shape index (κ2) is 9.39. The summed E-state index contributed by atoms with van der Waals surface area (Å²) < 4.78 is 5.73. The van der Waals surface area contributed by atoms with E-state index in [4.69, 9.17) is 4.74 Å². The number of carbonyl (C=O) groups is 1. The van der Waals surface area contributed by atoms with Crippen LogP contribution in [0.15, 0.2) is 54.6 Å². The Kier molecular flexibility index (Phi) is 6.67. The highest BCUT2D eigenvalue weighted by molar-refractivity contribution is 5.77. The largest absolute Gasteiger partial charge is 0.483 e. The van der Waals surface area contributed by atoms with Gasteiger partial charge in [-0.3, -0.25) is 9.69 Å². The molecule has 3 rings (SSSR count). The Labute approximate surface area is 156 Å². The van der Waals surface area contributed by atoms with Crippen LogP contribution in [0.4, 0.5) is 0 Å². The van der Waals surface area contributed by atoms with Gasteiger partial charge in [0.15, 0.2) is 6.61 Å². The van der Waals surface area contributed by atoms with Gasteiger partial charge in [-0.05, 0) is 49.5 Å². The monoisotopic (exact) mass is 352 g/mol.